The van der Waals surface area contributed by atoms with E-state index in [9.17, 15) is 30.7 Å². The van der Waals surface area contributed by atoms with Crippen LogP contribution >= 0.6 is 11.6 Å². The number of rotatable bonds is 4. The molecule has 0 saturated heterocycles. The maximum atomic E-state index is 13.4. The molecule has 0 aliphatic carbocycles. The molecule has 0 bridgehead atoms. The normalized spacial score (nSPS) is 14.4. The molecular weight excluding hydrogens is 315 g/mol. The maximum Gasteiger partial charge on any atom is 0.455 e. The third kappa shape index (κ3) is 3.17. The van der Waals surface area contributed by atoms with Gasteiger partial charge in [0.05, 0.1) is 0 Å². The second-order valence-corrected chi connectivity index (χ2v) is 4.31. The molecule has 0 aliphatic rings. The Hall–Kier alpha value is -1.02. The summed E-state index contributed by atoms with van der Waals surface area (Å²) in [6.07, 6.45) is -5.87. The molecule has 1 rings (SSSR count). The van der Waals surface area contributed by atoms with Crippen molar-refractivity contribution in [1.29, 1.82) is 0 Å². The van der Waals surface area contributed by atoms with Crippen molar-refractivity contribution >= 4 is 11.6 Å². The predicted octanol–water partition coefficient (Wildman–Crippen LogP) is 4.47. The van der Waals surface area contributed by atoms with Crippen LogP contribution in [-0.4, -0.2) is 18.6 Å². The van der Waals surface area contributed by atoms with Gasteiger partial charge in [0.2, 0.25) is 0 Å². The van der Waals surface area contributed by atoms with Crippen LogP contribution < -0.4 is 5.32 Å². The van der Waals surface area contributed by atoms with E-state index in [1.54, 1.807) is 0 Å². The lowest BCUT2D eigenvalue weighted by molar-refractivity contribution is -0.294. The fourth-order valence-corrected chi connectivity index (χ4v) is 1.82. The maximum absolute atomic E-state index is 13.4. The standard InChI is InChI=1S/C11H9ClF7N/c1-2-20-9(10(15,16)11(17,18)19)5-3-7(13)8(14)4-6(5)12/h3-4,9,20H,2H2,1H3. The van der Waals surface area contributed by atoms with Gasteiger partial charge in [0.1, 0.15) is 6.04 Å². The highest BCUT2D eigenvalue weighted by Crippen LogP contribution is 2.46. The van der Waals surface area contributed by atoms with Crippen molar-refractivity contribution in [2.45, 2.75) is 25.1 Å². The Morgan fingerprint density at radius 1 is 1.10 bits per heavy atom. The number of nitrogens with one attached hydrogen (secondary N) is 1. The Balaban J connectivity index is 3.39. The summed E-state index contributed by atoms with van der Waals surface area (Å²) >= 11 is 5.44. The van der Waals surface area contributed by atoms with Crippen molar-refractivity contribution in [3.8, 4) is 0 Å². The summed E-state index contributed by atoms with van der Waals surface area (Å²) in [5.41, 5.74) is -0.866. The van der Waals surface area contributed by atoms with Crippen molar-refractivity contribution < 1.29 is 30.7 Å². The average molecular weight is 324 g/mol. The molecule has 0 heterocycles. The molecule has 0 saturated carbocycles. The zero-order valence-corrected chi connectivity index (χ0v) is 10.7. The lowest BCUT2D eigenvalue weighted by Gasteiger charge is -2.30. The fourth-order valence-electron chi connectivity index (χ4n) is 1.56. The molecule has 1 nitrogen and oxygen atoms in total. The van der Waals surface area contributed by atoms with Gasteiger partial charge >= 0.3 is 12.1 Å². The molecule has 1 unspecified atom stereocenters. The first kappa shape index (κ1) is 17.0. The molecule has 114 valence electrons. The Kier molecular flexibility index (Phi) is 4.91. The molecule has 9 heteroatoms. The minimum Gasteiger partial charge on any atom is -0.305 e. The third-order valence-electron chi connectivity index (χ3n) is 2.50. The van der Waals surface area contributed by atoms with E-state index < -0.39 is 40.4 Å². The number of hydrogen-bond acceptors (Lipinski definition) is 1. The van der Waals surface area contributed by atoms with Crippen molar-refractivity contribution in [3.05, 3.63) is 34.4 Å². The molecule has 0 fully saturated rings. The quantitative estimate of drug-likeness (QED) is 0.637. The van der Waals surface area contributed by atoms with Crippen LogP contribution in [-0.2, 0) is 0 Å². The summed E-state index contributed by atoms with van der Waals surface area (Å²) < 4.78 is 90.0. The Labute approximate surface area is 114 Å². The van der Waals surface area contributed by atoms with Crippen molar-refractivity contribution in [3.63, 3.8) is 0 Å². The van der Waals surface area contributed by atoms with Crippen LogP contribution in [0, 0.1) is 11.6 Å². The monoisotopic (exact) mass is 323 g/mol. The van der Waals surface area contributed by atoms with E-state index >= 15 is 0 Å². The SMILES string of the molecule is CCNC(c1cc(F)c(F)cc1Cl)C(F)(F)C(F)(F)F. The highest BCUT2D eigenvalue weighted by atomic mass is 35.5. The van der Waals surface area contributed by atoms with Crippen molar-refractivity contribution in [2.75, 3.05) is 6.54 Å². The summed E-state index contributed by atoms with van der Waals surface area (Å²) in [5.74, 6) is -8.20. The van der Waals surface area contributed by atoms with E-state index in [0.717, 1.165) is 0 Å². The van der Waals surface area contributed by atoms with Gasteiger partial charge in [0.15, 0.2) is 11.6 Å². The topological polar surface area (TPSA) is 12.0 Å². The van der Waals surface area contributed by atoms with Crippen LogP contribution in [0.2, 0.25) is 5.02 Å². The molecule has 1 atom stereocenters. The largest absolute Gasteiger partial charge is 0.455 e. The molecular formula is C11H9ClF7N. The first-order valence-corrected chi connectivity index (χ1v) is 5.72. The molecule has 0 aromatic heterocycles. The van der Waals surface area contributed by atoms with Gasteiger partial charge in [-0.25, -0.2) is 8.78 Å². The second kappa shape index (κ2) is 5.77. The summed E-state index contributed by atoms with van der Waals surface area (Å²) in [6.45, 7) is 1.03. The first-order chi connectivity index (χ1) is 9.02. The van der Waals surface area contributed by atoms with Crippen LogP contribution in [0.4, 0.5) is 30.7 Å². The van der Waals surface area contributed by atoms with Crippen LogP contribution in [0.25, 0.3) is 0 Å². The van der Waals surface area contributed by atoms with Gasteiger partial charge in [-0.2, -0.15) is 22.0 Å². The molecule has 0 spiro atoms. The fraction of sp³-hybridized carbons (Fsp3) is 0.455. The van der Waals surface area contributed by atoms with Crippen LogP contribution in [0.1, 0.15) is 18.5 Å². The smallest absolute Gasteiger partial charge is 0.305 e. The Morgan fingerprint density at radius 3 is 2.05 bits per heavy atom. The van der Waals surface area contributed by atoms with E-state index in [0.29, 0.717) is 6.07 Å². The lowest BCUT2D eigenvalue weighted by Crippen LogP contribution is -2.48. The third-order valence-corrected chi connectivity index (χ3v) is 2.83. The molecule has 0 radical (unpaired) electrons. The Morgan fingerprint density at radius 2 is 1.60 bits per heavy atom. The molecule has 0 amide bonds. The van der Waals surface area contributed by atoms with Crippen molar-refractivity contribution in [1.82, 2.24) is 5.32 Å². The zero-order chi connectivity index (χ0) is 15.7. The summed E-state index contributed by atoms with van der Waals surface area (Å²) in [5, 5.41) is 1.17. The molecule has 1 N–H and O–H groups in total. The van der Waals surface area contributed by atoms with Crippen LogP contribution in [0.5, 0.6) is 0 Å². The van der Waals surface area contributed by atoms with Gasteiger partial charge in [0, 0.05) is 5.02 Å². The van der Waals surface area contributed by atoms with Crippen molar-refractivity contribution in [2.24, 2.45) is 0 Å². The second-order valence-electron chi connectivity index (χ2n) is 3.90. The number of alkyl halides is 5. The number of benzene rings is 1. The van der Waals surface area contributed by atoms with Gasteiger partial charge < -0.3 is 5.32 Å². The van der Waals surface area contributed by atoms with Gasteiger partial charge in [0.25, 0.3) is 0 Å². The van der Waals surface area contributed by atoms with E-state index in [1.165, 1.54) is 6.92 Å². The summed E-state index contributed by atoms with van der Waals surface area (Å²) in [6, 6.07) is -2.04. The molecule has 1 aromatic rings. The Bertz CT molecular complexity index is 486. The highest BCUT2D eigenvalue weighted by molar-refractivity contribution is 6.31. The van der Waals surface area contributed by atoms with E-state index in [4.69, 9.17) is 11.6 Å². The minimum atomic E-state index is -5.87. The van der Waals surface area contributed by atoms with Gasteiger partial charge in [-0.05, 0) is 24.2 Å². The van der Waals surface area contributed by atoms with Gasteiger partial charge in [-0.1, -0.05) is 18.5 Å². The van der Waals surface area contributed by atoms with Crippen LogP contribution in [0.15, 0.2) is 12.1 Å². The molecule has 0 aliphatic heterocycles. The van der Waals surface area contributed by atoms with E-state index in [-0.39, 0.29) is 12.6 Å². The zero-order valence-electron chi connectivity index (χ0n) is 9.96. The van der Waals surface area contributed by atoms with E-state index in [1.807, 2.05) is 5.32 Å². The highest BCUT2D eigenvalue weighted by Gasteiger charge is 2.63. The van der Waals surface area contributed by atoms with Gasteiger partial charge in [-0.3, -0.25) is 0 Å². The first-order valence-electron chi connectivity index (χ1n) is 5.34. The number of halogens is 8. The summed E-state index contributed by atoms with van der Waals surface area (Å²) in [7, 11) is 0. The lowest BCUT2D eigenvalue weighted by atomic mass is 9.99. The molecule has 20 heavy (non-hydrogen) atoms. The summed E-state index contributed by atoms with van der Waals surface area (Å²) in [4.78, 5) is 0. The molecule has 1 aromatic carbocycles. The van der Waals surface area contributed by atoms with Crippen LogP contribution in [0.3, 0.4) is 0 Å². The number of hydrogen-bond donors (Lipinski definition) is 1. The van der Waals surface area contributed by atoms with E-state index in [2.05, 4.69) is 0 Å². The minimum absolute atomic E-state index is 0.227. The van der Waals surface area contributed by atoms with Gasteiger partial charge in [-0.15, -0.1) is 0 Å². The average Bonchev–Trinajstić information content (AvgIpc) is 2.29. The predicted molar refractivity (Wildman–Crippen MR) is 58.8 cm³/mol.